The summed E-state index contributed by atoms with van der Waals surface area (Å²) in [5, 5.41) is 13.9. The second kappa shape index (κ2) is 5.92. The standard InChI is InChI=1S/C10H14BrN3O3/c1-3-12-4-5-13-6-8(14(16)17)7(2)9(11)10(13)15/h6,12H,3-5H2,1-2H3. The molecule has 1 aromatic heterocycles. The monoisotopic (exact) mass is 303 g/mol. The van der Waals surface area contributed by atoms with Crippen LogP contribution in [-0.2, 0) is 6.54 Å². The van der Waals surface area contributed by atoms with Gasteiger partial charge >= 0.3 is 0 Å². The first-order valence-electron chi connectivity index (χ1n) is 5.23. The van der Waals surface area contributed by atoms with Crippen LogP contribution in [0.15, 0.2) is 15.5 Å². The summed E-state index contributed by atoms with van der Waals surface area (Å²) >= 11 is 3.10. The molecule has 0 saturated heterocycles. The Hall–Kier alpha value is -1.21. The lowest BCUT2D eigenvalue weighted by molar-refractivity contribution is -0.386. The van der Waals surface area contributed by atoms with Gasteiger partial charge in [0.25, 0.3) is 11.2 Å². The van der Waals surface area contributed by atoms with E-state index in [1.165, 1.54) is 10.8 Å². The van der Waals surface area contributed by atoms with E-state index in [2.05, 4.69) is 21.2 Å². The van der Waals surface area contributed by atoms with Gasteiger partial charge in [0.2, 0.25) is 0 Å². The average molecular weight is 304 g/mol. The van der Waals surface area contributed by atoms with Gasteiger partial charge in [0.15, 0.2) is 0 Å². The van der Waals surface area contributed by atoms with Crippen molar-refractivity contribution in [2.75, 3.05) is 13.1 Å². The molecule has 6 nitrogen and oxygen atoms in total. The number of halogens is 1. The van der Waals surface area contributed by atoms with Crippen molar-refractivity contribution < 1.29 is 4.92 Å². The predicted molar refractivity (Wildman–Crippen MR) is 68.3 cm³/mol. The van der Waals surface area contributed by atoms with Gasteiger partial charge < -0.3 is 9.88 Å². The maximum absolute atomic E-state index is 11.8. The van der Waals surface area contributed by atoms with Gasteiger partial charge in [-0.05, 0) is 29.4 Å². The summed E-state index contributed by atoms with van der Waals surface area (Å²) in [7, 11) is 0. The molecule has 0 bridgehead atoms. The largest absolute Gasteiger partial charge is 0.315 e. The molecule has 1 rings (SSSR count). The number of nitro groups is 1. The van der Waals surface area contributed by atoms with Gasteiger partial charge in [0.05, 0.1) is 15.6 Å². The minimum absolute atomic E-state index is 0.0482. The Morgan fingerprint density at radius 2 is 2.24 bits per heavy atom. The molecule has 0 aliphatic heterocycles. The molecule has 0 amide bonds. The molecule has 0 fully saturated rings. The maximum atomic E-state index is 11.8. The van der Waals surface area contributed by atoms with Crippen molar-refractivity contribution >= 4 is 21.6 Å². The average Bonchev–Trinajstić information content (AvgIpc) is 2.29. The predicted octanol–water partition coefficient (Wildman–Crippen LogP) is 1.44. The van der Waals surface area contributed by atoms with E-state index < -0.39 is 4.92 Å². The zero-order valence-corrected chi connectivity index (χ0v) is 11.3. The third-order valence-electron chi connectivity index (χ3n) is 2.42. The van der Waals surface area contributed by atoms with Gasteiger partial charge in [0, 0.05) is 18.7 Å². The summed E-state index contributed by atoms with van der Waals surface area (Å²) < 4.78 is 1.60. The Balaban J connectivity index is 3.14. The van der Waals surface area contributed by atoms with E-state index in [0.717, 1.165) is 6.54 Å². The molecule has 94 valence electrons. The van der Waals surface area contributed by atoms with Crippen LogP contribution in [0.2, 0.25) is 0 Å². The quantitative estimate of drug-likeness (QED) is 0.507. The molecule has 1 heterocycles. The zero-order valence-electron chi connectivity index (χ0n) is 9.70. The number of aromatic nitrogens is 1. The number of likely N-dealkylation sites (N-methyl/N-ethyl adjacent to an activating group) is 1. The first-order valence-corrected chi connectivity index (χ1v) is 6.03. The fourth-order valence-electron chi connectivity index (χ4n) is 1.43. The van der Waals surface area contributed by atoms with E-state index in [9.17, 15) is 14.9 Å². The van der Waals surface area contributed by atoms with Gasteiger partial charge in [0.1, 0.15) is 0 Å². The lowest BCUT2D eigenvalue weighted by atomic mass is 10.2. The van der Waals surface area contributed by atoms with Crippen LogP contribution in [0.5, 0.6) is 0 Å². The summed E-state index contributed by atoms with van der Waals surface area (Å²) in [5.41, 5.74) is 0.0682. The third-order valence-corrected chi connectivity index (χ3v) is 3.35. The van der Waals surface area contributed by atoms with E-state index in [4.69, 9.17) is 0 Å². The first-order chi connectivity index (χ1) is 7.99. The number of nitrogens with one attached hydrogen (secondary N) is 1. The highest BCUT2D eigenvalue weighted by Gasteiger charge is 2.17. The number of hydrogen-bond donors (Lipinski definition) is 1. The molecular weight excluding hydrogens is 290 g/mol. The number of hydrogen-bond acceptors (Lipinski definition) is 4. The Labute approximate surface area is 107 Å². The minimum Gasteiger partial charge on any atom is -0.315 e. The Bertz CT molecular complexity index is 484. The van der Waals surface area contributed by atoms with Crippen molar-refractivity contribution in [3.8, 4) is 0 Å². The molecule has 7 heteroatoms. The smallest absolute Gasteiger partial charge is 0.289 e. The van der Waals surface area contributed by atoms with Gasteiger partial charge in [-0.3, -0.25) is 14.9 Å². The van der Waals surface area contributed by atoms with Gasteiger partial charge in [-0.2, -0.15) is 0 Å². The molecule has 0 radical (unpaired) electrons. The van der Waals surface area contributed by atoms with Gasteiger partial charge in [-0.15, -0.1) is 0 Å². The van der Waals surface area contributed by atoms with Crippen LogP contribution in [0, 0.1) is 17.0 Å². The molecule has 0 unspecified atom stereocenters. The Morgan fingerprint density at radius 1 is 1.59 bits per heavy atom. The van der Waals surface area contributed by atoms with Crippen molar-refractivity contribution in [3.05, 3.63) is 36.7 Å². The SMILES string of the molecule is CCNCCn1cc([N+](=O)[O-])c(C)c(Br)c1=O. The van der Waals surface area contributed by atoms with E-state index in [1.807, 2.05) is 6.92 Å². The normalized spacial score (nSPS) is 10.5. The van der Waals surface area contributed by atoms with Crippen molar-refractivity contribution in [2.45, 2.75) is 20.4 Å². The highest BCUT2D eigenvalue weighted by atomic mass is 79.9. The maximum Gasteiger partial charge on any atom is 0.289 e. The van der Waals surface area contributed by atoms with E-state index >= 15 is 0 Å². The summed E-state index contributed by atoms with van der Waals surface area (Å²) in [6.45, 7) is 5.31. The molecule has 0 aliphatic rings. The second-order valence-electron chi connectivity index (χ2n) is 3.56. The molecule has 0 saturated carbocycles. The molecule has 0 atom stereocenters. The van der Waals surface area contributed by atoms with Crippen LogP contribution in [-0.4, -0.2) is 22.6 Å². The van der Waals surface area contributed by atoms with E-state index in [1.54, 1.807) is 6.92 Å². The number of nitrogens with zero attached hydrogens (tertiary/aromatic N) is 2. The van der Waals surface area contributed by atoms with Crippen LogP contribution < -0.4 is 10.9 Å². The van der Waals surface area contributed by atoms with Crippen LogP contribution in [0.3, 0.4) is 0 Å². The summed E-state index contributed by atoms with van der Waals surface area (Å²) in [4.78, 5) is 22.2. The lowest BCUT2D eigenvalue weighted by Crippen LogP contribution is -2.28. The molecule has 0 spiro atoms. The third kappa shape index (κ3) is 3.13. The lowest BCUT2D eigenvalue weighted by Gasteiger charge is -2.08. The van der Waals surface area contributed by atoms with Crippen LogP contribution in [0.25, 0.3) is 0 Å². The Morgan fingerprint density at radius 3 is 2.76 bits per heavy atom. The molecule has 0 aromatic carbocycles. The number of rotatable bonds is 5. The minimum atomic E-state index is -0.483. The Kier molecular flexibility index (Phi) is 4.83. The highest BCUT2D eigenvalue weighted by Crippen LogP contribution is 2.21. The topological polar surface area (TPSA) is 77.2 Å². The first kappa shape index (κ1) is 13.9. The van der Waals surface area contributed by atoms with E-state index in [-0.39, 0.29) is 15.7 Å². The fourth-order valence-corrected chi connectivity index (χ4v) is 1.86. The molecule has 1 aromatic rings. The van der Waals surface area contributed by atoms with Crippen molar-refractivity contribution in [2.24, 2.45) is 0 Å². The molecular formula is C10H14BrN3O3. The van der Waals surface area contributed by atoms with Crippen LogP contribution in [0.1, 0.15) is 12.5 Å². The number of pyridine rings is 1. The van der Waals surface area contributed by atoms with Crippen LogP contribution in [0.4, 0.5) is 5.69 Å². The van der Waals surface area contributed by atoms with Crippen molar-refractivity contribution in [1.82, 2.24) is 9.88 Å². The molecule has 17 heavy (non-hydrogen) atoms. The molecule has 1 N–H and O–H groups in total. The van der Waals surface area contributed by atoms with Gasteiger partial charge in [-0.1, -0.05) is 6.92 Å². The zero-order chi connectivity index (χ0) is 13.0. The molecule has 0 aliphatic carbocycles. The van der Waals surface area contributed by atoms with Crippen molar-refractivity contribution in [1.29, 1.82) is 0 Å². The summed E-state index contributed by atoms with van der Waals surface area (Å²) in [6, 6.07) is 0. The summed E-state index contributed by atoms with van der Waals surface area (Å²) in [6.07, 6.45) is 1.29. The highest BCUT2D eigenvalue weighted by molar-refractivity contribution is 9.10. The van der Waals surface area contributed by atoms with Gasteiger partial charge in [-0.25, -0.2) is 0 Å². The summed E-state index contributed by atoms with van der Waals surface area (Å²) in [5.74, 6) is 0. The fraction of sp³-hybridized carbons (Fsp3) is 0.500. The van der Waals surface area contributed by atoms with E-state index in [0.29, 0.717) is 18.7 Å². The van der Waals surface area contributed by atoms with Crippen molar-refractivity contribution in [3.63, 3.8) is 0 Å². The second-order valence-corrected chi connectivity index (χ2v) is 4.36. The van der Waals surface area contributed by atoms with Crippen LogP contribution >= 0.6 is 15.9 Å².